The highest BCUT2D eigenvalue weighted by Gasteiger charge is 2.03. The summed E-state index contributed by atoms with van der Waals surface area (Å²) in [6.45, 7) is 6.37. The summed E-state index contributed by atoms with van der Waals surface area (Å²) in [7, 11) is 0. The highest BCUT2D eigenvalue weighted by atomic mass is 16.1. The summed E-state index contributed by atoms with van der Waals surface area (Å²) in [6, 6.07) is 7.43. The Morgan fingerprint density at radius 2 is 2.39 bits per heavy atom. The molecule has 0 aliphatic heterocycles. The zero-order chi connectivity index (χ0) is 13.0. The van der Waals surface area contributed by atoms with Crippen LogP contribution in [0, 0.1) is 0 Å². The first kappa shape index (κ1) is 12.5. The van der Waals surface area contributed by atoms with Crippen LogP contribution < -0.4 is 10.9 Å². The van der Waals surface area contributed by atoms with Gasteiger partial charge in [-0.05, 0) is 25.5 Å². The van der Waals surface area contributed by atoms with Gasteiger partial charge in [0.2, 0.25) is 0 Å². The maximum Gasteiger partial charge on any atom is 0.258 e. The minimum Gasteiger partial charge on any atom is -0.308 e. The number of pyridine rings is 1. The molecule has 18 heavy (non-hydrogen) atoms. The van der Waals surface area contributed by atoms with Gasteiger partial charge >= 0.3 is 0 Å². The predicted molar refractivity (Wildman–Crippen MR) is 72.6 cm³/mol. The number of nitrogens with one attached hydrogen (secondary N) is 1. The summed E-state index contributed by atoms with van der Waals surface area (Å²) in [5.74, 6) is 0. The first-order valence-corrected chi connectivity index (χ1v) is 6.02. The largest absolute Gasteiger partial charge is 0.308 e. The summed E-state index contributed by atoms with van der Waals surface area (Å²) in [4.78, 5) is 16.3. The van der Waals surface area contributed by atoms with Gasteiger partial charge in [-0.15, -0.1) is 6.58 Å². The Labute approximate surface area is 106 Å². The van der Waals surface area contributed by atoms with Gasteiger partial charge in [-0.1, -0.05) is 12.1 Å². The molecule has 2 heterocycles. The Bertz CT molecular complexity index is 603. The molecule has 0 aromatic carbocycles. The summed E-state index contributed by atoms with van der Waals surface area (Å²) in [6.07, 6.45) is 4.50. The second kappa shape index (κ2) is 5.60. The Hall–Kier alpha value is -1.94. The molecule has 0 fully saturated rings. The van der Waals surface area contributed by atoms with Gasteiger partial charge in [0.05, 0.1) is 5.69 Å². The number of hydrogen-bond acceptors (Lipinski definition) is 3. The topological polar surface area (TPSA) is 46.4 Å². The predicted octanol–water partition coefficient (Wildman–Crippen LogP) is 1.75. The van der Waals surface area contributed by atoms with E-state index in [2.05, 4.69) is 23.8 Å². The van der Waals surface area contributed by atoms with Crippen molar-refractivity contribution in [1.29, 1.82) is 0 Å². The van der Waals surface area contributed by atoms with E-state index in [1.165, 1.54) is 4.40 Å². The van der Waals surface area contributed by atoms with Gasteiger partial charge in [0.15, 0.2) is 0 Å². The van der Waals surface area contributed by atoms with Crippen molar-refractivity contribution < 1.29 is 0 Å². The summed E-state index contributed by atoms with van der Waals surface area (Å²) < 4.78 is 1.54. The van der Waals surface area contributed by atoms with Crippen LogP contribution in [-0.2, 0) is 6.54 Å². The van der Waals surface area contributed by atoms with Gasteiger partial charge in [0.1, 0.15) is 5.65 Å². The fraction of sp³-hybridized carbons (Fsp3) is 0.286. The Morgan fingerprint density at radius 3 is 3.17 bits per heavy atom. The highest BCUT2D eigenvalue weighted by molar-refractivity contribution is 5.37. The van der Waals surface area contributed by atoms with Crippen molar-refractivity contribution in [3.05, 3.63) is 59.2 Å². The maximum atomic E-state index is 11.8. The number of nitrogens with zero attached hydrogens (tertiary/aromatic N) is 2. The lowest BCUT2D eigenvalue weighted by atomic mass is 10.2. The Kier molecular flexibility index (Phi) is 3.89. The molecule has 1 atom stereocenters. The van der Waals surface area contributed by atoms with Gasteiger partial charge in [-0.25, -0.2) is 4.98 Å². The summed E-state index contributed by atoms with van der Waals surface area (Å²) >= 11 is 0. The molecule has 0 aliphatic rings. The van der Waals surface area contributed by atoms with Crippen LogP contribution in [0.1, 0.15) is 19.0 Å². The van der Waals surface area contributed by atoms with Gasteiger partial charge in [0, 0.05) is 24.8 Å². The lowest BCUT2D eigenvalue weighted by Gasteiger charge is -2.11. The lowest BCUT2D eigenvalue weighted by Crippen LogP contribution is -2.26. The summed E-state index contributed by atoms with van der Waals surface area (Å²) in [5.41, 5.74) is 1.40. The molecule has 0 bridgehead atoms. The summed E-state index contributed by atoms with van der Waals surface area (Å²) in [5, 5.41) is 3.31. The van der Waals surface area contributed by atoms with E-state index in [0.29, 0.717) is 18.2 Å². The van der Waals surface area contributed by atoms with Crippen molar-refractivity contribution in [2.24, 2.45) is 0 Å². The Morgan fingerprint density at radius 1 is 1.56 bits per heavy atom. The van der Waals surface area contributed by atoms with Crippen LogP contribution >= 0.6 is 0 Å². The zero-order valence-corrected chi connectivity index (χ0v) is 10.5. The normalized spacial score (nSPS) is 12.5. The molecule has 0 saturated heterocycles. The molecule has 1 N–H and O–H groups in total. The fourth-order valence-corrected chi connectivity index (χ4v) is 1.81. The van der Waals surface area contributed by atoms with Crippen LogP contribution in [-0.4, -0.2) is 15.4 Å². The third kappa shape index (κ3) is 2.84. The van der Waals surface area contributed by atoms with Crippen molar-refractivity contribution in [3.63, 3.8) is 0 Å². The van der Waals surface area contributed by atoms with Gasteiger partial charge in [-0.3, -0.25) is 9.20 Å². The van der Waals surface area contributed by atoms with Crippen molar-refractivity contribution in [2.75, 3.05) is 0 Å². The molecule has 94 valence electrons. The van der Waals surface area contributed by atoms with Gasteiger partial charge in [-0.2, -0.15) is 0 Å². The van der Waals surface area contributed by atoms with Crippen LogP contribution in [0.3, 0.4) is 0 Å². The molecular weight excluding hydrogens is 226 g/mol. The van der Waals surface area contributed by atoms with Crippen molar-refractivity contribution >= 4 is 5.65 Å². The molecular formula is C14H17N3O. The zero-order valence-electron chi connectivity index (χ0n) is 10.5. The van der Waals surface area contributed by atoms with E-state index >= 15 is 0 Å². The van der Waals surface area contributed by atoms with E-state index in [1.54, 1.807) is 12.3 Å². The molecule has 0 saturated carbocycles. The molecule has 0 radical (unpaired) electrons. The average molecular weight is 243 g/mol. The minimum atomic E-state index is -0.0474. The van der Waals surface area contributed by atoms with Gasteiger partial charge in [0.25, 0.3) is 5.56 Å². The van der Waals surface area contributed by atoms with Crippen LogP contribution in [0.2, 0.25) is 0 Å². The number of hydrogen-bond donors (Lipinski definition) is 1. The monoisotopic (exact) mass is 243 g/mol. The third-order valence-electron chi connectivity index (χ3n) is 2.78. The van der Waals surface area contributed by atoms with E-state index in [9.17, 15) is 4.79 Å². The maximum absolute atomic E-state index is 11.8. The van der Waals surface area contributed by atoms with Crippen LogP contribution in [0.25, 0.3) is 5.65 Å². The Balaban J connectivity index is 2.19. The standard InChI is InChI=1S/C14H17N3O/c1-3-6-11(2)15-10-12-9-14(18)17-8-5-4-7-13(17)16-12/h3-5,7-9,11,15H,1,6,10H2,2H3. The second-order valence-corrected chi connectivity index (χ2v) is 4.32. The lowest BCUT2D eigenvalue weighted by molar-refractivity contribution is 0.547. The van der Waals surface area contributed by atoms with E-state index in [0.717, 1.165) is 12.1 Å². The molecule has 2 aromatic heterocycles. The van der Waals surface area contributed by atoms with E-state index in [-0.39, 0.29) is 5.56 Å². The van der Waals surface area contributed by atoms with Crippen LogP contribution in [0.15, 0.2) is 47.9 Å². The van der Waals surface area contributed by atoms with Crippen LogP contribution in [0.5, 0.6) is 0 Å². The quantitative estimate of drug-likeness (QED) is 0.814. The van der Waals surface area contributed by atoms with E-state index in [4.69, 9.17) is 0 Å². The van der Waals surface area contributed by atoms with Crippen molar-refractivity contribution in [3.8, 4) is 0 Å². The molecule has 4 nitrogen and oxygen atoms in total. The average Bonchev–Trinajstić information content (AvgIpc) is 2.37. The van der Waals surface area contributed by atoms with Gasteiger partial charge < -0.3 is 5.32 Å². The molecule has 2 aromatic rings. The molecule has 1 unspecified atom stereocenters. The molecule has 0 spiro atoms. The number of fused-ring (bicyclic) bond motifs is 1. The first-order valence-electron chi connectivity index (χ1n) is 6.02. The smallest absolute Gasteiger partial charge is 0.258 e. The molecule has 0 amide bonds. The van der Waals surface area contributed by atoms with Crippen molar-refractivity contribution in [1.82, 2.24) is 14.7 Å². The molecule has 2 rings (SSSR count). The van der Waals surface area contributed by atoms with Crippen LogP contribution in [0.4, 0.5) is 0 Å². The van der Waals surface area contributed by atoms with E-state index < -0.39 is 0 Å². The fourth-order valence-electron chi connectivity index (χ4n) is 1.81. The minimum absolute atomic E-state index is 0.0474. The third-order valence-corrected chi connectivity index (χ3v) is 2.78. The van der Waals surface area contributed by atoms with E-state index in [1.807, 2.05) is 24.3 Å². The first-order chi connectivity index (χ1) is 8.70. The number of aromatic nitrogens is 2. The van der Waals surface area contributed by atoms with Crippen molar-refractivity contribution in [2.45, 2.75) is 25.9 Å². The second-order valence-electron chi connectivity index (χ2n) is 4.32. The molecule has 0 aliphatic carbocycles. The highest BCUT2D eigenvalue weighted by Crippen LogP contribution is 1.99. The SMILES string of the molecule is C=CCC(C)NCc1cc(=O)n2ccccc2n1. The molecule has 4 heteroatoms. The number of rotatable bonds is 5.